The molecular weight excluding hydrogens is 366 g/mol. The number of ketones is 1. The molecule has 0 bridgehead atoms. The zero-order chi connectivity index (χ0) is 20.8. The van der Waals surface area contributed by atoms with Gasteiger partial charge in [0.25, 0.3) is 0 Å². The van der Waals surface area contributed by atoms with Crippen LogP contribution >= 0.6 is 0 Å². The molecule has 0 aliphatic rings. The largest absolute Gasteiger partial charge is 0.423 e. The Balaban J connectivity index is 1.90. The average Bonchev–Trinajstić information content (AvgIpc) is 2.60. The first-order valence-corrected chi connectivity index (χ1v) is 8.71. The highest BCUT2D eigenvalue weighted by molar-refractivity contribution is 5.89. The molecule has 28 heavy (non-hydrogen) atoms. The highest BCUT2D eigenvalue weighted by atomic mass is 16.6. The number of ether oxygens (including phenoxy) is 1. The van der Waals surface area contributed by atoms with Crippen molar-refractivity contribution < 1.29 is 23.5 Å². The van der Waals surface area contributed by atoms with Gasteiger partial charge in [0.15, 0.2) is 0 Å². The van der Waals surface area contributed by atoms with Crippen LogP contribution in [0.4, 0.5) is 4.79 Å². The number of fused-ring (bicyclic) bond motifs is 1. The number of hydrogen-bond acceptors (Lipinski definition) is 7. The van der Waals surface area contributed by atoms with E-state index in [2.05, 4.69) is 0 Å². The zero-order valence-corrected chi connectivity index (χ0v) is 15.8. The van der Waals surface area contributed by atoms with Gasteiger partial charge in [0.1, 0.15) is 17.1 Å². The van der Waals surface area contributed by atoms with E-state index in [0.717, 1.165) is 10.9 Å². The summed E-state index contributed by atoms with van der Waals surface area (Å²) < 4.78 is 10.4. The first-order chi connectivity index (χ1) is 13.2. The molecule has 1 aromatic heterocycles. The minimum Gasteiger partial charge on any atom is -0.423 e. The van der Waals surface area contributed by atoms with Gasteiger partial charge in [-0.05, 0) is 31.0 Å². The fraction of sp³-hybridized carbons (Fsp3) is 0.368. The quantitative estimate of drug-likeness (QED) is 0.642. The van der Waals surface area contributed by atoms with Gasteiger partial charge in [-0.15, -0.1) is 0 Å². The molecule has 0 radical (unpaired) electrons. The number of aryl methyl sites for hydroxylation is 1. The molecule has 0 fully saturated rings. The van der Waals surface area contributed by atoms with Crippen molar-refractivity contribution in [2.45, 2.75) is 32.2 Å². The minimum absolute atomic E-state index is 0.118. The molecule has 0 aliphatic carbocycles. The van der Waals surface area contributed by atoms with Gasteiger partial charge in [-0.2, -0.15) is 0 Å². The third-order valence-corrected chi connectivity index (χ3v) is 4.19. The molecule has 0 saturated heterocycles. The lowest BCUT2D eigenvalue weighted by atomic mass is 10.1. The van der Waals surface area contributed by atoms with E-state index >= 15 is 0 Å². The zero-order valence-electron chi connectivity index (χ0n) is 15.8. The number of carbonyl (C=O) groups is 3. The summed E-state index contributed by atoms with van der Waals surface area (Å²) in [6.45, 7) is 2.05. The lowest BCUT2D eigenvalue weighted by molar-refractivity contribution is -0.125. The number of nitrogens with two attached hydrogens (primary N) is 2. The van der Waals surface area contributed by atoms with Gasteiger partial charge < -0.3 is 25.5 Å². The van der Waals surface area contributed by atoms with Crippen molar-refractivity contribution in [1.29, 1.82) is 0 Å². The number of amides is 2. The number of hydrogen-bond donors (Lipinski definition) is 2. The molecule has 1 heterocycles. The van der Waals surface area contributed by atoms with Crippen LogP contribution in [0, 0.1) is 6.92 Å². The number of nitrogens with zero attached hydrogens (tertiary/aromatic N) is 1. The topological polar surface area (TPSA) is 146 Å². The van der Waals surface area contributed by atoms with Gasteiger partial charge >= 0.3 is 11.7 Å². The van der Waals surface area contributed by atoms with Crippen LogP contribution in [0.3, 0.4) is 0 Å². The van der Waals surface area contributed by atoms with Gasteiger partial charge in [-0.3, -0.25) is 9.59 Å². The van der Waals surface area contributed by atoms with Crippen molar-refractivity contribution >= 4 is 28.8 Å². The maximum absolute atomic E-state index is 12.2. The van der Waals surface area contributed by atoms with Crippen molar-refractivity contribution in [1.82, 2.24) is 4.90 Å². The van der Waals surface area contributed by atoms with E-state index < -0.39 is 23.7 Å². The van der Waals surface area contributed by atoms with Gasteiger partial charge in [0, 0.05) is 44.0 Å². The highest BCUT2D eigenvalue weighted by Gasteiger charge is 2.17. The number of primary amides is 1. The number of rotatable bonds is 8. The molecule has 1 aromatic carbocycles. The second-order valence-corrected chi connectivity index (χ2v) is 6.54. The first-order valence-electron chi connectivity index (χ1n) is 8.71. The summed E-state index contributed by atoms with van der Waals surface area (Å²) in [5, 5.41) is 0.749. The Morgan fingerprint density at radius 3 is 2.64 bits per heavy atom. The lowest BCUT2D eigenvalue weighted by Crippen LogP contribution is -2.36. The molecule has 1 atom stereocenters. The molecule has 0 aliphatic heterocycles. The Morgan fingerprint density at radius 2 is 1.96 bits per heavy atom. The fourth-order valence-electron chi connectivity index (χ4n) is 2.65. The van der Waals surface area contributed by atoms with Crippen LogP contribution in [0.2, 0.25) is 0 Å². The Bertz CT molecular complexity index is 952. The van der Waals surface area contributed by atoms with Crippen molar-refractivity contribution in [3.05, 3.63) is 40.2 Å². The molecule has 0 saturated carbocycles. The van der Waals surface area contributed by atoms with Gasteiger partial charge in [-0.25, -0.2) is 9.59 Å². The van der Waals surface area contributed by atoms with Crippen LogP contribution in [-0.2, 0) is 9.59 Å². The van der Waals surface area contributed by atoms with E-state index in [0.29, 0.717) is 12.0 Å². The molecule has 9 heteroatoms. The van der Waals surface area contributed by atoms with Crippen LogP contribution in [0.25, 0.3) is 11.0 Å². The Hall–Kier alpha value is -3.20. The van der Waals surface area contributed by atoms with Crippen LogP contribution in [0.15, 0.2) is 33.5 Å². The van der Waals surface area contributed by atoms with Gasteiger partial charge in [0.2, 0.25) is 5.91 Å². The van der Waals surface area contributed by atoms with Crippen molar-refractivity contribution in [3.63, 3.8) is 0 Å². The smallest absolute Gasteiger partial charge is 0.414 e. The van der Waals surface area contributed by atoms with Crippen LogP contribution in [0.5, 0.6) is 5.75 Å². The standard InChI is InChI=1S/C19H23N3O6/c1-11-8-18(25)28-16-9-12(5-6-13(11)16)27-19(26)22(2)7-3-4-15(23)14(20)10-17(21)24/h5-6,8-9,14H,3-4,7,10,20H2,1-2H3,(H2,21,24)/t14-/m1/s1. The van der Waals surface area contributed by atoms with E-state index in [1.807, 2.05) is 0 Å². The summed E-state index contributed by atoms with van der Waals surface area (Å²) in [4.78, 5) is 47.5. The van der Waals surface area contributed by atoms with E-state index in [1.165, 1.54) is 24.1 Å². The van der Waals surface area contributed by atoms with Crippen LogP contribution in [-0.4, -0.2) is 42.3 Å². The minimum atomic E-state index is -0.925. The summed E-state index contributed by atoms with van der Waals surface area (Å²) in [7, 11) is 1.53. The Kier molecular flexibility index (Phi) is 6.89. The van der Waals surface area contributed by atoms with Crippen molar-refractivity contribution in [3.8, 4) is 5.75 Å². The number of carbonyl (C=O) groups excluding carboxylic acids is 3. The molecule has 0 unspecified atom stereocenters. The Morgan fingerprint density at radius 1 is 1.25 bits per heavy atom. The normalized spacial score (nSPS) is 11.8. The molecule has 0 spiro atoms. The fourth-order valence-corrected chi connectivity index (χ4v) is 2.65. The summed E-state index contributed by atoms with van der Waals surface area (Å²) >= 11 is 0. The molecule has 4 N–H and O–H groups in total. The summed E-state index contributed by atoms with van der Waals surface area (Å²) in [5.74, 6) is -0.693. The van der Waals surface area contributed by atoms with Crippen molar-refractivity contribution in [2.24, 2.45) is 11.5 Å². The summed E-state index contributed by atoms with van der Waals surface area (Å²) in [5.41, 5.74) is 11.2. The van der Waals surface area contributed by atoms with E-state index in [1.54, 1.807) is 19.1 Å². The maximum Gasteiger partial charge on any atom is 0.414 e. The monoisotopic (exact) mass is 389 g/mol. The Labute approximate surface area is 161 Å². The highest BCUT2D eigenvalue weighted by Crippen LogP contribution is 2.22. The van der Waals surface area contributed by atoms with Crippen LogP contribution in [0.1, 0.15) is 24.8 Å². The molecule has 2 rings (SSSR count). The van der Waals surface area contributed by atoms with Gasteiger partial charge in [0.05, 0.1) is 6.04 Å². The molecular formula is C19H23N3O6. The first kappa shape index (κ1) is 21.1. The SMILES string of the molecule is Cc1cc(=O)oc2cc(OC(=O)N(C)CCCC(=O)[C@H](N)CC(N)=O)ccc12. The third kappa shape index (κ3) is 5.65. The predicted molar refractivity (Wildman–Crippen MR) is 102 cm³/mol. The number of Topliss-reactive ketones (excluding diaryl/α,β-unsaturated/α-hetero) is 1. The lowest BCUT2D eigenvalue weighted by Gasteiger charge is -2.17. The average molecular weight is 389 g/mol. The molecule has 2 aromatic rings. The summed E-state index contributed by atoms with van der Waals surface area (Å²) in [6, 6.07) is 5.24. The third-order valence-electron chi connectivity index (χ3n) is 4.19. The second-order valence-electron chi connectivity index (χ2n) is 6.54. The molecule has 9 nitrogen and oxygen atoms in total. The summed E-state index contributed by atoms with van der Waals surface area (Å²) in [6.07, 6.45) is -0.341. The predicted octanol–water partition coefficient (Wildman–Crippen LogP) is 1.08. The van der Waals surface area contributed by atoms with E-state index in [9.17, 15) is 19.2 Å². The maximum atomic E-state index is 12.2. The van der Waals surface area contributed by atoms with Crippen molar-refractivity contribution in [2.75, 3.05) is 13.6 Å². The van der Waals surface area contributed by atoms with E-state index in [-0.39, 0.29) is 30.9 Å². The van der Waals surface area contributed by atoms with E-state index in [4.69, 9.17) is 20.6 Å². The second kappa shape index (κ2) is 9.14. The van der Waals surface area contributed by atoms with Crippen LogP contribution < -0.4 is 21.8 Å². The number of benzene rings is 1. The van der Waals surface area contributed by atoms with Gasteiger partial charge in [-0.1, -0.05) is 0 Å². The molecule has 150 valence electrons. The molecule has 2 amide bonds.